The average Bonchev–Trinajstić information content (AvgIpc) is 2.82. The third-order valence-corrected chi connectivity index (χ3v) is 2.81. The number of aryl methyl sites for hydroxylation is 1. The summed E-state index contributed by atoms with van der Waals surface area (Å²) in [5, 5.41) is 3.81. The Morgan fingerprint density at radius 2 is 2.06 bits per heavy atom. The molecule has 2 N–H and O–H groups in total. The molecule has 0 aliphatic rings. The van der Waals surface area contributed by atoms with Crippen LogP contribution in [0.15, 0.2) is 34.9 Å². The number of benzene rings is 1. The molecule has 18 heavy (non-hydrogen) atoms. The van der Waals surface area contributed by atoms with Gasteiger partial charge in [0.25, 0.3) is 0 Å². The second kappa shape index (κ2) is 5.69. The summed E-state index contributed by atoms with van der Waals surface area (Å²) in [6.07, 6.45) is 0.928. The summed E-state index contributed by atoms with van der Waals surface area (Å²) in [7, 11) is 0. The maximum Gasteiger partial charge on any atom is 0.174 e. The molecule has 0 saturated carbocycles. The van der Waals surface area contributed by atoms with Gasteiger partial charge in [-0.15, -0.1) is 0 Å². The highest BCUT2D eigenvalue weighted by Gasteiger charge is 2.04. The second-order valence-corrected chi connectivity index (χ2v) is 4.31. The molecule has 0 aliphatic heterocycles. The zero-order valence-electron chi connectivity index (χ0n) is 10.7. The molecule has 1 heterocycles. The van der Waals surface area contributed by atoms with Crippen LogP contribution in [0.2, 0.25) is 0 Å². The normalized spacial score (nSPS) is 12.4. The van der Waals surface area contributed by atoms with E-state index in [1.807, 2.05) is 37.3 Å². The molecule has 0 bridgehead atoms. The molecule has 0 saturated heterocycles. The molecule has 0 radical (unpaired) electrons. The van der Waals surface area contributed by atoms with Gasteiger partial charge >= 0.3 is 0 Å². The van der Waals surface area contributed by atoms with Gasteiger partial charge < -0.3 is 15.0 Å². The van der Waals surface area contributed by atoms with Crippen LogP contribution in [0, 0.1) is 6.92 Å². The van der Waals surface area contributed by atoms with Crippen LogP contribution < -0.4 is 10.5 Å². The van der Waals surface area contributed by atoms with Gasteiger partial charge in [0, 0.05) is 12.1 Å². The van der Waals surface area contributed by atoms with Gasteiger partial charge in [-0.05, 0) is 31.0 Å². The van der Waals surface area contributed by atoms with Gasteiger partial charge in [-0.25, -0.2) is 0 Å². The second-order valence-electron chi connectivity index (χ2n) is 4.31. The van der Waals surface area contributed by atoms with E-state index in [0.29, 0.717) is 6.61 Å². The molecule has 0 amide bonds. The molecular weight excluding hydrogens is 228 g/mol. The van der Waals surface area contributed by atoms with Crippen molar-refractivity contribution in [3.63, 3.8) is 0 Å². The number of aromatic nitrogens is 1. The largest absolute Gasteiger partial charge is 0.486 e. The standard InChI is InChI=1S/C14H18N2O2/c1-3-14(15)11-4-6-12(7-5-11)17-9-13-8-10(2)16-18-13/h4-8,14H,3,9,15H2,1-2H3. The summed E-state index contributed by atoms with van der Waals surface area (Å²) >= 11 is 0. The van der Waals surface area contributed by atoms with E-state index in [2.05, 4.69) is 12.1 Å². The van der Waals surface area contributed by atoms with E-state index >= 15 is 0 Å². The van der Waals surface area contributed by atoms with Gasteiger partial charge in [-0.3, -0.25) is 0 Å². The van der Waals surface area contributed by atoms with Crippen molar-refractivity contribution >= 4 is 0 Å². The number of hydrogen-bond donors (Lipinski definition) is 1. The van der Waals surface area contributed by atoms with Crippen molar-refractivity contribution in [2.45, 2.75) is 32.9 Å². The molecule has 2 aromatic rings. The Kier molecular flexibility index (Phi) is 3.99. The Balaban J connectivity index is 1.94. The summed E-state index contributed by atoms with van der Waals surface area (Å²) in [6, 6.07) is 9.80. The molecule has 4 nitrogen and oxygen atoms in total. The lowest BCUT2D eigenvalue weighted by molar-refractivity contribution is 0.248. The molecule has 1 unspecified atom stereocenters. The van der Waals surface area contributed by atoms with E-state index < -0.39 is 0 Å². The van der Waals surface area contributed by atoms with Crippen LogP contribution in [0.3, 0.4) is 0 Å². The van der Waals surface area contributed by atoms with Gasteiger partial charge in [-0.1, -0.05) is 24.2 Å². The first-order valence-electron chi connectivity index (χ1n) is 6.09. The lowest BCUT2D eigenvalue weighted by Crippen LogP contribution is -2.08. The van der Waals surface area contributed by atoms with E-state index in [-0.39, 0.29) is 6.04 Å². The van der Waals surface area contributed by atoms with Crippen LogP contribution in [0.4, 0.5) is 0 Å². The van der Waals surface area contributed by atoms with E-state index in [9.17, 15) is 0 Å². The Morgan fingerprint density at radius 1 is 1.33 bits per heavy atom. The average molecular weight is 246 g/mol. The summed E-state index contributed by atoms with van der Waals surface area (Å²) in [5.41, 5.74) is 7.93. The molecule has 1 atom stereocenters. The van der Waals surface area contributed by atoms with Crippen molar-refractivity contribution in [3.05, 3.63) is 47.3 Å². The highest BCUT2D eigenvalue weighted by atomic mass is 16.5. The van der Waals surface area contributed by atoms with Crippen molar-refractivity contribution in [2.75, 3.05) is 0 Å². The minimum atomic E-state index is 0.0935. The number of ether oxygens (including phenoxy) is 1. The van der Waals surface area contributed by atoms with E-state index in [1.54, 1.807) is 0 Å². The number of nitrogens with two attached hydrogens (primary N) is 1. The molecule has 96 valence electrons. The Morgan fingerprint density at radius 3 is 2.61 bits per heavy atom. The smallest absolute Gasteiger partial charge is 0.174 e. The molecule has 2 rings (SSSR count). The molecule has 0 fully saturated rings. The number of nitrogens with zero attached hydrogens (tertiary/aromatic N) is 1. The third-order valence-electron chi connectivity index (χ3n) is 2.81. The molecule has 1 aromatic heterocycles. The zero-order valence-corrected chi connectivity index (χ0v) is 10.7. The van der Waals surface area contributed by atoms with Crippen molar-refractivity contribution < 1.29 is 9.26 Å². The van der Waals surface area contributed by atoms with Crippen LogP contribution in [0.25, 0.3) is 0 Å². The first kappa shape index (κ1) is 12.6. The predicted molar refractivity (Wildman–Crippen MR) is 69.2 cm³/mol. The van der Waals surface area contributed by atoms with Crippen LogP contribution in [-0.4, -0.2) is 5.16 Å². The van der Waals surface area contributed by atoms with Gasteiger partial charge in [0.1, 0.15) is 12.4 Å². The molecule has 0 spiro atoms. The quantitative estimate of drug-likeness (QED) is 0.881. The van der Waals surface area contributed by atoms with E-state index in [4.69, 9.17) is 15.0 Å². The Bertz CT molecular complexity index is 491. The fourth-order valence-corrected chi connectivity index (χ4v) is 1.69. The summed E-state index contributed by atoms with van der Waals surface area (Å²) < 4.78 is 10.7. The fourth-order valence-electron chi connectivity index (χ4n) is 1.69. The first-order valence-corrected chi connectivity index (χ1v) is 6.09. The molecule has 1 aromatic carbocycles. The van der Waals surface area contributed by atoms with Crippen LogP contribution in [-0.2, 0) is 6.61 Å². The molecule has 0 aliphatic carbocycles. The topological polar surface area (TPSA) is 61.3 Å². The minimum absolute atomic E-state index is 0.0935. The lowest BCUT2D eigenvalue weighted by atomic mass is 10.1. The van der Waals surface area contributed by atoms with Crippen LogP contribution >= 0.6 is 0 Å². The maximum atomic E-state index is 5.95. The Hall–Kier alpha value is -1.81. The Labute approximate surface area is 107 Å². The molecular formula is C14H18N2O2. The van der Waals surface area contributed by atoms with Gasteiger partial charge in [0.05, 0.1) is 5.69 Å². The SMILES string of the molecule is CCC(N)c1ccc(OCc2cc(C)no2)cc1. The third kappa shape index (κ3) is 3.11. The van der Waals surface area contributed by atoms with Crippen molar-refractivity contribution in [3.8, 4) is 5.75 Å². The van der Waals surface area contributed by atoms with Crippen molar-refractivity contribution in [1.82, 2.24) is 5.16 Å². The van der Waals surface area contributed by atoms with E-state index in [0.717, 1.165) is 29.2 Å². The zero-order chi connectivity index (χ0) is 13.0. The van der Waals surface area contributed by atoms with Gasteiger partial charge in [0.2, 0.25) is 0 Å². The molecule has 4 heteroatoms. The summed E-state index contributed by atoms with van der Waals surface area (Å²) in [4.78, 5) is 0. The van der Waals surface area contributed by atoms with Gasteiger partial charge in [-0.2, -0.15) is 0 Å². The number of rotatable bonds is 5. The minimum Gasteiger partial charge on any atom is -0.486 e. The first-order chi connectivity index (χ1) is 8.69. The maximum absolute atomic E-state index is 5.95. The van der Waals surface area contributed by atoms with Crippen LogP contribution in [0.1, 0.15) is 36.4 Å². The summed E-state index contributed by atoms with van der Waals surface area (Å²) in [5.74, 6) is 1.53. The highest BCUT2D eigenvalue weighted by Crippen LogP contribution is 2.19. The predicted octanol–water partition coefficient (Wildman–Crippen LogP) is 2.97. The van der Waals surface area contributed by atoms with Gasteiger partial charge in [0.15, 0.2) is 5.76 Å². The highest BCUT2D eigenvalue weighted by molar-refractivity contribution is 5.29. The fraction of sp³-hybridized carbons (Fsp3) is 0.357. The summed E-state index contributed by atoms with van der Waals surface area (Å²) in [6.45, 7) is 4.34. The lowest BCUT2D eigenvalue weighted by Gasteiger charge is -2.10. The van der Waals surface area contributed by atoms with Crippen molar-refractivity contribution in [2.24, 2.45) is 5.73 Å². The monoisotopic (exact) mass is 246 g/mol. The van der Waals surface area contributed by atoms with Crippen LogP contribution in [0.5, 0.6) is 5.75 Å². The van der Waals surface area contributed by atoms with Crippen molar-refractivity contribution in [1.29, 1.82) is 0 Å². The van der Waals surface area contributed by atoms with E-state index in [1.165, 1.54) is 0 Å². The number of hydrogen-bond acceptors (Lipinski definition) is 4.